The minimum absolute atomic E-state index is 0.569. The van der Waals surface area contributed by atoms with Gasteiger partial charge in [0.1, 0.15) is 0 Å². The number of nitrogens with zero attached hydrogens (tertiary/aromatic N) is 1. The van der Waals surface area contributed by atoms with Crippen LogP contribution in [0.2, 0.25) is 0 Å². The van der Waals surface area contributed by atoms with E-state index in [0.717, 1.165) is 18.5 Å². The number of aryl methyl sites for hydroxylation is 1. The first-order valence-corrected chi connectivity index (χ1v) is 7.76. The second-order valence-electron chi connectivity index (χ2n) is 5.05. The minimum Gasteiger partial charge on any atom is -0.330 e. The summed E-state index contributed by atoms with van der Waals surface area (Å²) >= 11 is 1.80. The van der Waals surface area contributed by atoms with E-state index in [1.54, 1.807) is 11.3 Å². The van der Waals surface area contributed by atoms with Crippen LogP contribution in [0.1, 0.15) is 42.1 Å². The van der Waals surface area contributed by atoms with Gasteiger partial charge < -0.3 is 5.73 Å². The van der Waals surface area contributed by atoms with Gasteiger partial charge in [-0.3, -0.25) is 0 Å². The van der Waals surface area contributed by atoms with Gasteiger partial charge in [-0.25, -0.2) is 4.98 Å². The predicted octanol–water partition coefficient (Wildman–Crippen LogP) is 4.00. The quantitative estimate of drug-likeness (QED) is 0.895. The van der Waals surface area contributed by atoms with E-state index < -0.39 is 0 Å². The van der Waals surface area contributed by atoms with Crippen LogP contribution in [0.25, 0.3) is 11.3 Å². The van der Waals surface area contributed by atoms with Crippen molar-refractivity contribution < 1.29 is 0 Å². The molecule has 1 aromatic heterocycles. The summed E-state index contributed by atoms with van der Waals surface area (Å²) in [4.78, 5) is 6.07. The van der Waals surface area contributed by atoms with E-state index in [1.807, 2.05) is 0 Å². The highest BCUT2D eigenvalue weighted by atomic mass is 32.1. The molecule has 0 atom stereocenters. The second kappa shape index (κ2) is 6.31. The first-order valence-electron chi connectivity index (χ1n) is 6.94. The molecule has 19 heavy (non-hydrogen) atoms. The third kappa shape index (κ3) is 3.23. The van der Waals surface area contributed by atoms with Gasteiger partial charge in [-0.2, -0.15) is 0 Å². The Bertz CT molecular complexity index is 526. The zero-order valence-electron chi connectivity index (χ0n) is 11.9. The highest BCUT2D eigenvalue weighted by molar-refractivity contribution is 7.12. The number of nitrogens with two attached hydrogens (primary N) is 1. The highest BCUT2D eigenvalue weighted by Gasteiger charge is 2.12. The summed E-state index contributed by atoms with van der Waals surface area (Å²) in [5.74, 6) is 0.569. The van der Waals surface area contributed by atoms with E-state index in [-0.39, 0.29) is 0 Å². The van der Waals surface area contributed by atoms with E-state index in [9.17, 15) is 0 Å². The van der Waals surface area contributed by atoms with Crippen molar-refractivity contribution >= 4 is 11.3 Å². The van der Waals surface area contributed by atoms with Crippen molar-refractivity contribution in [2.75, 3.05) is 6.54 Å². The Labute approximate surface area is 119 Å². The van der Waals surface area contributed by atoms with Crippen molar-refractivity contribution in [3.8, 4) is 11.3 Å². The Kier molecular flexibility index (Phi) is 4.72. The fourth-order valence-corrected chi connectivity index (χ4v) is 3.15. The summed E-state index contributed by atoms with van der Waals surface area (Å²) in [5.41, 5.74) is 9.41. The van der Waals surface area contributed by atoms with Gasteiger partial charge in [0.05, 0.1) is 10.7 Å². The van der Waals surface area contributed by atoms with Gasteiger partial charge in [-0.1, -0.05) is 45.0 Å². The molecule has 0 spiro atoms. The van der Waals surface area contributed by atoms with Crippen LogP contribution in [0, 0.1) is 0 Å². The maximum atomic E-state index is 5.70. The van der Waals surface area contributed by atoms with Crippen molar-refractivity contribution in [1.82, 2.24) is 4.98 Å². The zero-order chi connectivity index (χ0) is 13.8. The van der Waals surface area contributed by atoms with Crippen molar-refractivity contribution in [2.45, 2.75) is 39.5 Å². The predicted molar refractivity (Wildman–Crippen MR) is 83.8 cm³/mol. The SMILES string of the molecule is CCc1nc(-c2ccc(C(C)C)cc2)c(CCN)s1. The van der Waals surface area contributed by atoms with E-state index in [4.69, 9.17) is 10.7 Å². The molecule has 0 saturated carbocycles. The Hall–Kier alpha value is -1.19. The van der Waals surface area contributed by atoms with Gasteiger partial charge in [0.25, 0.3) is 0 Å². The number of aromatic nitrogens is 1. The van der Waals surface area contributed by atoms with Crippen LogP contribution < -0.4 is 5.73 Å². The molecule has 1 aromatic carbocycles. The number of rotatable bonds is 5. The van der Waals surface area contributed by atoms with Crippen molar-refractivity contribution in [1.29, 1.82) is 0 Å². The molecule has 2 rings (SSSR count). The zero-order valence-corrected chi connectivity index (χ0v) is 12.8. The van der Waals surface area contributed by atoms with Gasteiger partial charge in [-0.05, 0) is 30.9 Å². The van der Waals surface area contributed by atoms with Crippen molar-refractivity contribution in [3.05, 3.63) is 39.7 Å². The van der Waals surface area contributed by atoms with Crippen LogP contribution in [0.15, 0.2) is 24.3 Å². The summed E-state index contributed by atoms with van der Waals surface area (Å²) in [6.45, 7) is 7.26. The lowest BCUT2D eigenvalue weighted by Crippen LogP contribution is -2.02. The monoisotopic (exact) mass is 274 g/mol. The molecule has 0 bridgehead atoms. The standard InChI is InChI=1S/C16H22N2S/c1-4-15-18-16(14(19-15)9-10-17)13-7-5-12(6-8-13)11(2)3/h5-8,11H,4,9-10,17H2,1-3H3. The largest absolute Gasteiger partial charge is 0.330 e. The molecule has 0 aliphatic rings. The van der Waals surface area contributed by atoms with Crippen LogP contribution >= 0.6 is 11.3 Å². The lowest BCUT2D eigenvalue weighted by molar-refractivity contribution is 0.867. The van der Waals surface area contributed by atoms with Crippen LogP contribution in [-0.4, -0.2) is 11.5 Å². The fraction of sp³-hybridized carbons (Fsp3) is 0.438. The summed E-state index contributed by atoms with van der Waals surface area (Å²) in [6, 6.07) is 8.78. The lowest BCUT2D eigenvalue weighted by atomic mass is 10.0. The molecule has 0 aliphatic heterocycles. The molecule has 2 N–H and O–H groups in total. The number of hydrogen-bond donors (Lipinski definition) is 1. The average Bonchev–Trinajstić information content (AvgIpc) is 2.82. The number of hydrogen-bond acceptors (Lipinski definition) is 3. The maximum Gasteiger partial charge on any atom is 0.0932 e. The van der Waals surface area contributed by atoms with Gasteiger partial charge in [0, 0.05) is 10.4 Å². The third-order valence-corrected chi connectivity index (χ3v) is 4.53. The molecular weight excluding hydrogens is 252 g/mol. The first-order chi connectivity index (χ1) is 9.15. The molecule has 0 unspecified atom stereocenters. The normalized spacial score (nSPS) is 11.2. The Balaban J connectivity index is 2.36. The van der Waals surface area contributed by atoms with E-state index >= 15 is 0 Å². The van der Waals surface area contributed by atoms with Crippen LogP contribution in [-0.2, 0) is 12.8 Å². The second-order valence-corrected chi connectivity index (χ2v) is 6.22. The fourth-order valence-electron chi connectivity index (χ4n) is 2.10. The Morgan fingerprint density at radius 1 is 1.21 bits per heavy atom. The van der Waals surface area contributed by atoms with Crippen molar-refractivity contribution in [3.63, 3.8) is 0 Å². The average molecular weight is 274 g/mol. The molecule has 0 amide bonds. The van der Waals surface area contributed by atoms with Gasteiger partial charge >= 0.3 is 0 Å². The number of thiazole rings is 1. The molecule has 0 radical (unpaired) electrons. The van der Waals surface area contributed by atoms with Gasteiger partial charge in [-0.15, -0.1) is 11.3 Å². The minimum atomic E-state index is 0.569. The van der Waals surface area contributed by atoms with E-state index in [1.165, 1.54) is 21.0 Å². The lowest BCUT2D eigenvalue weighted by Gasteiger charge is -2.06. The first kappa shape index (κ1) is 14.2. The van der Waals surface area contributed by atoms with Gasteiger partial charge in [0.2, 0.25) is 0 Å². The summed E-state index contributed by atoms with van der Waals surface area (Å²) in [7, 11) is 0. The Morgan fingerprint density at radius 3 is 2.42 bits per heavy atom. The van der Waals surface area contributed by atoms with Crippen LogP contribution in [0.5, 0.6) is 0 Å². The van der Waals surface area contributed by atoms with Crippen LogP contribution in [0.3, 0.4) is 0 Å². The van der Waals surface area contributed by atoms with Gasteiger partial charge in [0.15, 0.2) is 0 Å². The number of benzene rings is 1. The van der Waals surface area contributed by atoms with Crippen LogP contribution in [0.4, 0.5) is 0 Å². The molecule has 0 aliphatic carbocycles. The maximum absolute atomic E-state index is 5.70. The van der Waals surface area contributed by atoms with E-state index in [2.05, 4.69) is 45.0 Å². The molecule has 3 heteroatoms. The molecule has 0 saturated heterocycles. The highest BCUT2D eigenvalue weighted by Crippen LogP contribution is 2.30. The summed E-state index contributed by atoms with van der Waals surface area (Å²) < 4.78 is 0. The molecule has 2 nitrogen and oxygen atoms in total. The molecule has 102 valence electrons. The summed E-state index contributed by atoms with van der Waals surface area (Å²) in [5, 5.41) is 1.20. The molecule has 0 fully saturated rings. The van der Waals surface area contributed by atoms with Crippen molar-refractivity contribution in [2.24, 2.45) is 5.73 Å². The van der Waals surface area contributed by atoms with E-state index in [0.29, 0.717) is 12.5 Å². The Morgan fingerprint density at radius 2 is 1.89 bits per heavy atom. The summed E-state index contributed by atoms with van der Waals surface area (Å²) in [6.07, 6.45) is 1.91. The smallest absolute Gasteiger partial charge is 0.0932 e. The molecular formula is C16H22N2S. The third-order valence-electron chi connectivity index (χ3n) is 3.27. The molecule has 2 aromatic rings. The molecule has 1 heterocycles. The topological polar surface area (TPSA) is 38.9 Å².